The van der Waals surface area contributed by atoms with Crippen LogP contribution in [-0.4, -0.2) is 30.6 Å². The van der Waals surface area contributed by atoms with Gasteiger partial charge in [0.1, 0.15) is 5.82 Å². The number of carbonyl (C=O) groups is 1. The molecule has 3 rings (SSSR count). The Morgan fingerprint density at radius 1 is 1.19 bits per heavy atom. The number of nitro benzene ring substituents is 1. The average molecular weight is 354 g/mol. The Balaban J connectivity index is 1.91. The van der Waals surface area contributed by atoms with Crippen LogP contribution < -0.4 is 10.9 Å². The molecule has 0 atom stereocenters. The second-order valence-electron chi connectivity index (χ2n) is 5.55. The maximum atomic E-state index is 12.4. The number of amides is 1. The fourth-order valence-corrected chi connectivity index (χ4v) is 2.34. The lowest BCUT2D eigenvalue weighted by Crippen LogP contribution is -2.18. The van der Waals surface area contributed by atoms with Crippen LogP contribution in [0.1, 0.15) is 21.7 Å². The quantitative estimate of drug-likeness (QED) is 0.541. The second-order valence-corrected chi connectivity index (χ2v) is 5.55. The van der Waals surface area contributed by atoms with Crippen molar-refractivity contribution < 1.29 is 9.72 Å². The molecule has 0 saturated carbocycles. The lowest BCUT2D eigenvalue weighted by molar-refractivity contribution is -0.384. The minimum absolute atomic E-state index is 0.107. The number of carbonyl (C=O) groups excluding carboxylic acids is 1. The van der Waals surface area contributed by atoms with Crippen molar-refractivity contribution in [3.8, 4) is 5.95 Å². The number of rotatable bonds is 4. The number of H-pyrrole nitrogens is 1. The van der Waals surface area contributed by atoms with E-state index in [1.165, 1.54) is 35.0 Å². The number of anilines is 1. The fourth-order valence-electron chi connectivity index (χ4n) is 2.34. The Morgan fingerprint density at radius 2 is 1.88 bits per heavy atom. The van der Waals surface area contributed by atoms with Crippen LogP contribution in [0.3, 0.4) is 0 Å². The zero-order valence-corrected chi connectivity index (χ0v) is 13.9. The first-order chi connectivity index (χ1) is 12.3. The van der Waals surface area contributed by atoms with Crippen molar-refractivity contribution in [1.29, 1.82) is 0 Å². The Labute approximate surface area is 146 Å². The summed E-state index contributed by atoms with van der Waals surface area (Å²) in [5.74, 6) is -0.00208. The van der Waals surface area contributed by atoms with Gasteiger partial charge in [0.25, 0.3) is 17.2 Å². The molecule has 26 heavy (non-hydrogen) atoms. The van der Waals surface area contributed by atoms with Gasteiger partial charge in [-0.2, -0.15) is 9.78 Å². The highest BCUT2D eigenvalue weighted by Gasteiger charge is 2.15. The number of nitro groups is 1. The molecule has 1 amide bonds. The minimum atomic E-state index is -0.542. The van der Waals surface area contributed by atoms with Gasteiger partial charge in [-0.25, -0.2) is 4.98 Å². The molecule has 1 aromatic carbocycles. The molecular formula is C16H14N6O4. The Kier molecular flexibility index (Phi) is 4.31. The van der Waals surface area contributed by atoms with Gasteiger partial charge in [0, 0.05) is 35.5 Å². The molecule has 10 nitrogen and oxygen atoms in total. The van der Waals surface area contributed by atoms with Crippen molar-refractivity contribution in [2.45, 2.75) is 13.8 Å². The summed E-state index contributed by atoms with van der Waals surface area (Å²) in [5.41, 5.74) is 0.904. The molecule has 3 aromatic rings. The van der Waals surface area contributed by atoms with Crippen LogP contribution in [0.4, 0.5) is 11.5 Å². The Hall–Kier alpha value is -3.82. The van der Waals surface area contributed by atoms with Crippen molar-refractivity contribution in [2.75, 3.05) is 5.32 Å². The summed E-state index contributed by atoms with van der Waals surface area (Å²) in [6.45, 7) is 3.40. The largest absolute Gasteiger partial charge is 0.306 e. The number of aryl methyl sites for hydroxylation is 2. The van der Waals surface area contributed by atoms with Crippen LogP contribution in [0.2, 0.25) is 0 Å². The highest BCUT2D eigenvalue weighted by molar-refractivity contribution is 6.04. The van der Waals surface area contributed by atoms with E-state index < -0.39 is 10.8 Å². The van der Waals surface area contributed by atoms with Crippen LogP contribution in [0.15, 0.2) is 41.2 Å². The SMILES string of the molecule is Cc1cc(=O)[nH]c(-n2nc(C)cc2NC(=O)c2ccc([N+](=O)[O-])cc2)n1. The van der Waals surface area contributed by atoms with Crippen LogP contribution in [-0.2, 0) is 0 Å². The first-order valence-electron chi connectivity index (χ1n) is 7.54. The summed E-state index contributed by atoms with van der Waals surface area (Å²) in [5, 5.41) is 17.6. The molecule has 0 radical (unpaired) electrons. The van der Waals surface area contributed by atoms with E-state index in [1.54, 1.807) is 19.9 Å². The van der Waals surface area contributed by atoms with Crippen molar-refractivity contribution in [3.63, 3.8) is 0 Å². The van der Waals surface area contributed by atoms with E-state index >= 15 is 0 Å². The van der Waals surface area contributed by atoms with E-state index in [1.807, 2.05) is 0 Å². The number of non-ortho nitro benzene ring substituents is 1. The molecule has 0 aliphatic carbocycles. The first-order valence-corrected chi connectivity index (χ1v) is 7.54. The molecule has 0 fully saturated rings. The van der Waals surface area contributed by atoms with Crippen LogP contribution in [0.5, 0.6) is 0 Å². The third-order valence-corrected chi connectivity index (χ3v) is 3.47. The maximum absolute atomic E-state index is 12.4. The molecule has 0 bridgehead atoms. The first kappa shape index (κ1) is 17.0. The summed E-state index contributed by atoms with van der Waals surface area (Å²) >= 11 is 0. The van der Waals surface area contributed by atoms with Gasteiger partial charge in [-0.3, -0.25) is 24.7 Å². The lowest BCUT2D eigenvalue weighted by Gasteiger charge is -2.08. The zero-order valence-electron chi connectivity index (χ0n) is 13.9. The maximum Gasteiger partial charge on any atom is 0.269 e. The van der Waals surface area contributed by atoms with Crippen molar-refractivity contribution >= 4 is 17.4 Å². The standard InChI is InChI=1S/C16H14N6O4/c1-9-8-14(23)19-16(17-9)21-13(7-10(2)20-21)18-15(24)11-3-5-12(6-4-11)22(25)26/h3-8H,1-2H3,(H,18,24)(H,17,19,23). The van der Waals surface area contributed by atoms with E-state index in [0.29, 0.717) is 17.2 Å². The topological polar surface area (TPSA) is 136 Å². The van der Waals surface area contributed by atoms with E-state index in [9.17, 15) is 19.7 Å². The average Bonchev–Trinajstić information content (AvgIpc) is 2.94. The molecule has 0 unspecified atom stereocenters. The van der Waals surface area contributed by atoms with Crippen LogP contribution in [0.25, 0.3) is 5.95 Å². The monoisotopic (exact) mass is 354 g/mol. The Bertz CT molecular complexity index is 1050. The summed E-state index contributed by atoms with van der Waals surface area (Å²) in [6, 6.07) is 8.16. The van der Waals surface area contributed by atoms with Crippen molar-refractivity contribution in [2.24, 2.45) is 0 Å². The molecule has 2 heterocycles. The summed E-state index contributed by atoms with van der Waals surface area (Å²) in [4.78, 5) is 41.0. The molecule has 0 spiro atoms. The molecule has 2 N–H and O–H groups in total. The minimum Gasteiger partial charge on any atom is -0.306 e. The predicted molar refractivity (Wildman–Crippen MR) is 92.5 cm³/mol. The molecule has 2 aromatic heterocycles. The number of aromatic nitrogens is 4. The number of benzene rings is 1. The lowest BCUT2D eigenvalue weighted by atomic mass is 10.2. The molecule has 0 saturated heterocycles. The van der Waals surface area contributed by atoms with Gasteiger partial charge in [0.15, 0.2) is 0 Å². The number of hydrogen-bond acceptors (Lipinski definition) is 6. The van der Waals surface area contributed by atoms with E-state index in [0.717, 1.165) is 0 Å². The molecule has 10 heteroatoms. The van der Waals surface area contributed by atoms with Gasteiger partial charge in [-0.1, -0.05) is 0 Å². The predicted octanol–water partition coefficient (Wildman–Crippen LogP) is 1.73. The van der Waals surface area contributed by atoms with Gasteiger partial charge in [-0.15, -0.1) is 0 Å². The third kappa shape index (κ3) is 3.48. The molecule has 0 aliphatic rings. The highest BCUT2D eigenvalue weighted by Crippen LogP contribution is 2.17. The molecule has 0 aliphatic heterocycles. The van der Waals surface area contributed by atoms with Crippen molar-refractivity contribution in [1.82, 2.24) is 19.7 Å². The summed E-state index contributed by atoms with van der Waals surface area (Å²) in [6.07, 6.45) is 0. The van der Waals surface area contributed by atoms with Crippen molar-refractivity contribution in [3.05, 3.63) is 73.8 Å². The fraction of sp³-hybridized carbons (Fsp3) is 0.125. The Morgan fingerprint density at radius 3 is 2.50 bits per heavy atom. The normalized spacial score (nSPS) is 10.5. The number of nitrogens with one attached hydrogen (secondary N) is 2. The van der Waals surface area contributed by atoms with Gasteiger partial charge >= 0.3 is 0 Å². The summed E-state index contributed by atoms with van der Waals surface area (Å²) in [7, 11) is 0. The molecular weight excluding hydrogens is 340 g/mol. The van der Waals surface area contributed by atoms with Crippen LogP contribution in [0, 0.1) is 24.0 Å². The van der Waals surface area contributed by atoms with Gasteiger partial charge in [-0.05, 0) is 26.0 Å². The third-order valence-electron chi connectivity index (χ3n) is 3.47. The van der Waals surface area contributed by atoms with Gasteiger partial charge in [0.2, 0.25) is 5.95 Å². The van der Waals surface area contributed by atoms with E-state index in [2.05, 4.69) is 20.4 Å². The highest BCUT2D eigenvalue weighted by atomic mass is 16.6. The van der Waals surface area contributed by atoms with Gasteiger partial charge < -0.3 is 5.32 Å². The molecule has 132 valence electrons. The zero-order chi connectivity index (χ0) is 18.8. The van der Waals surface area contributed by atoms with Crippen LogP contribution >= 0.6 is 0 Å². The van der Waals surface area contributed by atoms with E-state index in [-0.39, 0.29) is 22.8 Å². The number of aromatic amines is 1. The van der Waals surface area contributed by atoms with E-state index in [4.69, 9.17) is 0 Å². The van der Waals surface area contributed by atoms with Gasteiger partial charge in [0.05, 0.1) is 10.6 Å². The summed E-state index contributed by atoms with van der Waals surface area (Å²) < 4.78 is 1.31. The second kappa shape index (κ2) is 6.59. The number of hydrogen-bond donors (Lipinski definition) is 2. The smallest absolute Gasteiger partial charge is 0.269 e. The number of nitrogens with zero attached hydrogens (tertiary/aromatic N) is 4.